The number of thioether (sulfide) groups is 1. The Bertz CT molecular complexity index is 1420. The fourth-order valence-electron chi connectivity index (χ4n) is 4.69. The number of nitrogens with zero attached hydrogens (tertiary/aromatic N) is 2. The number of primary amides is 1. The van der Waals surface area contributed by atoms with E-state index >= 15 is 0 Å². The lowest BCUT2D eigenvalue weighted by Gasteiger charge is -2.38. The van der Waals surface area contributed by atoms with Gasteiger partial charge in [0.1, 0.15) is 17.7 Å². The molecule has 0 bridgehead atoms. The standard InChI is InChI=1S/C26H25ClF6N4O3S/c1-13-9-15(18(38)11-37-20(26(31,32)33)10-19(36-37)25(28,29)30)6-7-16(13)24(23(34)40)8-4-5-17(27)21(24)22(39)35-14(2)12-41-3/h4-10,14,21H,11-12H2,1-3H3,(H2,34,40)(H,35,39)/t14-,21?,24?/m0/s1. The van der Waals surface area contributed by atoms with Crippen molar-refractivity contribution >= 4 is 41.0 Å². The van der Waals surface area contributed by atoms with Crippen LogP contribution in [0.1, 0.15) is 39.8 Å². The summed E-state index contributed by atoms with van der Waals surface area (Å²) in [6, 6.07) is 3.29. The number of benzene rings is 1. The number of nitrogens with one attached hydrogen (secondary N) is 1. The SMILES string of the molecule is CSC[C@H](C)NC(=O)C1C(Cl)=CC=CC1(C(N)=O)c1ccc(C(=O)Cn2nc(C(F)(F)F)cc2C(F)(F)F)cc1C. The largest absolute Gasteiger partial charge is 0.435 e. The van der Waals surface area contributed by atoms with Crippen LogP contribution in [0.25, 0.3) is 0 Å². The summed E-state index contributed by atoms with van der Waals surface area (Å²) < 4.78 is 79.1. The van der Waals surface area contributed by atoms with Crippen LogP contribution in [-0.2, 0) is 33.9 Å². The van der Waals surface area contributed by atoms with Crippen molar-refractivity contribution in [3.05, 3.63) is 75.6 Å². The molecule has 3 rings (SSSR count). The Labute approximate surface area is 240 Å². The maximum Gasteiger partial charge on any atom is 0.435 e. The Hall–Kier alpha value is -3.26. The average Bonchev–Trinajstić information content (AvgIpc) is 3.28. The van der Waals surface area contributed by atoms with E-state index in [0.29, 0.717) is 5.75 Å². The number of carbonyl (C=O) groups excluding carboxylic acids is 3. The topological polar surface area (TPSA) is 107 Å². The number of amides is 2. The molecule has 15 heteroatoms. The molecule has 1 aromatic heterocycles. The molecule has 3 atom stereocenters. The molecule has 7 nitrogen and oxygen atoms in total. The van der Waals surface area contributed by atoms with Crippen LogP contribution in [0.15, 0.2) is 47.5 Å². The van der Waals surface area contributed by atoms with E-state index in [1.807, 2.05) is 6.26 Å². The predicted octanol–water partition coefficient (Wildman–Crippen LogP) is 5.01. The third-order valence-electron chi connectivity index (χ3n) is 6.47. The number of ketones is 1. The van der Waals surface area contributed by atoms with Crippen molar-refractivity contribution < 1.29 is 40.7 Å². The van der Waals surface area contributed by atoms with Gasteiger partial charge >= 0.3 is 12.4 Å². The maximum absolute atomic E-state index is 13.4. The molecule has 0 saturated carbocycles. The number of halogens is 7. The van der Waals surface area contributed by atoms with Crippen molar-refractivity contribution in [1.82, 2.24) is 15.1 Å². The van der Waals surface area contributed by atoms with Gasteiger partial charge in [0.25, 0.3) is 0 Å². The Morgan fingerprint density at radius 2 is 1.83 bits per heavy atom. The summed E-state index contributed by atoms with van der Waals surface area (Å²) in [5.41, 5.74) is 0.819. The van der Waals surface area contributed by atoms with Crippen molar-refractivity contribution in [2.24, 2.45) is 11.7 Å². The molecule has 3 N–H and O–H groups in total. The van der Waals surface area contributed by atoms with E-state index in [9.17, 15) is 40.7 Å². The maximum atomic E-state index is 13.4. The summed E-state index contributed by atoms with van der Waals surface area (Å²) in [5, 5.41) is 5.78. The fraction of sp³-hybridized carbons (Fsp3) is 0.385. The van der Waals surface area contributed by atoms with Gasteiger partial charge in [0.15, 0.2) is 11.5 Å². The first kappa shape index (κ1) is 32.3. The lowest BCUT2D eigenvalue weighted by Crippen LogP contribution is -2.54. The molecule has 0 radical (unpaired) electrons. The highest BCUT2D eigenvalue weighted by molar-refractivity contribution is 7.98. The number of aryl methyl sites for hydroxylation is 1. The van der Waals surface area contributed by atoms with Crippen LogP contribution in [0.2, 0.25) is 0 Å². The zero-order valence-corrected chi connectivity index (χ0v) is 23.4. The van der Waals surface area contributed by atoms with Crippen LogP contribution in [-0.4, -0.2) is 45.4 Å². The first-order valence-corrected chi connectivity index (χ1v) is 13.7. The Kier molecular flexibility index (Phi) is 9.38. The van der Waals surface area contributed by atoms with E-state index in [1.54, 1.807) is 6.92 Å². The number of hydrogen-bond acceptors (Lipinski definition) is 5. The van der Waals surface area contributed by atoms with Crippen molar-refractivity contribution in [3.8, 4) is 0 Å². The number of rotatable bonds is 9. The van der Waals surface area contributed by atoms with Crippen molar-refractivity contribution in [1.29, 1.82) is 0 Å². The summed E-state index contributed by atoms with van der Waals surface area (Å²) >= 11 is 7.92. The Balaban J connectivity index is 2.02. The summed E-state index contributed by atoms with van der Waals surface area (Å²) in [7, 11) is 0. The molecule has 0 saturated heterocycles. The van der Waals surface area contributed by atoms with E-state index in [2.05, 4.69) is 10.4 Å². The summed E-state index contributed by atoms with van der Waals surface area (Å²) in [6.45, 7) is 2.11. The monoisotopic (exact) mass is 622 g/mol. The lowest BCUT2D eigenvalue weighted by atomic mass is 9.65. The van der Waals surface area contributed by atoms with E-state index < -0.39 is 59.2 Å². The minimum Gasteiger partial charge on any atom is -0.369 e. The van der Waals surface area contributed by atoms with E-state index in [0.717, 1.165) is 0 Å². The number of hydrogen-bond donors (Lipinski definition) is 2. The molecule has 1 aromatic carbocycles. The highest BCUT2D eigenvalue weighted by atomic mass is 35.5. The van der Waals surface area contributed by atoms with Crippen LogP contribution in [0.4, 0.5) is 26.3 Å². The predicted molar refractivity (Wildman–Crippen MR) is 141 cm³/mol. The second kappa shape index (κ2) is 11.9. The van der Waals surface area contributed by atoms with E-state index in [4.69, 9.17) is 17.3 Å². The van der Waals surface area contributed by atoms with Crippen molar-refractivity contribution in [2.45, 2.75) is 44.2 Å². The number of nitrogens with two attached hydrogens (primary N) is 1. The molecule has 222 valence electrons. The second-order valence-electron chi connectivity index (χ2n) is 9.46. The molecule has 2 unspecified atom stereocenters. The minimum absolute atomic E-state index is 0.0264. The van der Waals surface area contributed by atoms with Crippen LogP contribution >= 0.6 is 23.4 Å². The van der Waals surface area contributed by atoms with E-state index in [1.165, 1.54) is 55.1 Å². The van der Waals surface area contributed by atoms with Crippen molar-refractivity contribution in [3.63, 3.8) is 0 Å². The van der Waals surface area contributed by atoms with Gasteiger partial charge in [0, 0.05) is 28.5 Å². The van der Waals surface area contributed by atoms with Gasteiger partial charge in [-0.1, -0.05) is 35.9 Å². The highest BCUT2D eigenvalue weighted by Crippen LogP contribution is 2.44. The zero-order chi connectivity index (χ0) is 30.9. The number of carbonyl (C=O) groups is 3. The van der Waals surface area contributed by atoms with Crippen LogP contribution < -0.4 is 11.1 Å². The molecule has 1 aliphatic carbocycles. The van der Waals surface area contributed by atoms with Gasteiger partial charge < -0.3 is 11.1 Å². The fourth-order valence-corrected chi connectivity index (χ4v) is 5.61. The quantitative estimate of drug-likeness (QED) is 0.302. The molecule has 0 spiro atoms. The van der Waals surface area contributed by atoms with Gasteiger partial charge in [-0.05, 0) is 43.4 Å². The van der Waals surface area contributed by atoms with Gasteiger partial charge in [-0.3, -0.25) is 19.1 Å². The van der Waals surface area contributed by atoms with Gasteiger partial charge in [-0.2, -0.15) is 43.2 Å². The molecule has 41 heavy (non-hydrogen) atoms. The van der Waals surface area contributed by atoms with Gasteiger partial charge in [0.05, 0.1) is 5.92 Å². The number of alkyl halides is 6. The normalized spacial score (nSPS) is 20.0. The summed E-state index contributed by atoms with van der Waals surface area (Å²) in [4.78, 5) is 39.2. The number of aromatic nitrogens is 2. The molecular weight excluding hydrogens is 598 g/mol. The Morgan fingerprint density at radius 1 is 1.17 bits per heavy atom. The van der Waals surface area contributed by atoms with Gasteiger partial charge in [-0.15, -0.1) is 0 Å². The summed E-state index contributed by atoms with van der Waals surface area (Å²) in [6.07, 6.45) is -4.20. The van der Waals surface area contributed by atoms with Gasteiger partial charge in [-0.25, -0.2) is 0 Å². The molecule has 1 heterocycles. The molecule has 2 aromatic rings. The first-order valence-electron chi connectivity index (χ1n) is 11.9. The third-order valence-corrected chi connectivity index (χ3v) is 7.65. The molecule has 0 fully saturated rings. The molecule has 0 aliphatic heterocycles. The number of allylic oxidation sites excluding steroid dienone is 2. The minimum atomic E-state index is -5.20. The van der Waals surface area contributed by atoms with Crippen LogP contribution in [0.5, 0.6) is 0 Å². The van der Waals surface area contributed by atoms with Crippen LogP contribution in [0, 0.1) is 12.8 Å². The first-order chi connectivity index (χ1) is 18.9. The Morgan fingerprint density at radius 3 is 2.37 bits per heavy atom. The lowest BCUT2D eigenvalue weighted by molar-refractivity contribution is -0.144. The van der Waals surface area contributed by atoms with Crippen molar-refractivity contribution in [2.75, 3.05) is 12.0 Å². The zero-order valence-electron chi connectivity index (χ0n) is 21.9. The summed E-state index contributed by atoms with van der Waals surface area (Å²) in [5.74, 6) is -3.17. The molecule has 1 aliphatic rings. The molecular formula is C26H25ClF6N4O3S. The third kappa shape index (κ3) is 6.64. The van der Waals surface area contributed by atoms with Crippen LogP contribution in [0.3, 0.4) is 0 Å². The van der Waals surface area contributed by atoms with Gasteiger partial charge in [0.2, 0.25) is 11.8 Å². The second-order valence-corrected chi connectivity index (χ2v) is 10.8. The average molecular weight is 623 g/mol. The van der Waals surface area contributed by atoms with E-state index in [-0.39, 0.29) is 38.5 Å². The molecule has 2 amide bonds. The number of Topliss-reactive ketones (excluding diaryl/α,β-unsaturated/α-hetero) is 1. The smallest absolute Gasteiger partial charge is 0.369 e. The highest BCUT2D eigenvalue weighted by Gasteiger charge is 2.51.